The SMILES string of the molecule is COc1ccc2cc(C(=O)N3CCN(CC(=O)NC(C)C)CC3)ccc2c1. The van der Waals surface area contributed by atoms with Gasteiger partial charge in [-0.3, -0.25) is 14.5 Å². The average molecular weight is 369 g/mol. The second-order valence-electron chi connectivity index (χ2n) is 7.22. The maximum atomic E-state index is 12.8. The highest BCUT2D eigenvalue weighted by molar-refractivity contribution is 5.98. The summed E-state index contributed by atoms with van der Waals surface area (Å²) >= 11 is 0. The number of carbonyl (C=O) groups is 2. The maximum Gasteiger partial charge on any atom is 0.253 e. The molecule has 1 aliphatic rings. The molecule has 144 valence electrons. The van der Waals surface area contributed by atoms with E-state index in [1.807, 2.05) is 55.1 Å². The first-order valence-electron chi connectivity index (χ1n) is 9.35. The van der Waals surface area contributed by atoms with Crippen LogP contribution in [0.1, 0.15) is 24.2 Å². The number of hydrogen-bond acceptors (Lipinski definition) is 4. The minimum Gasteiger partial charge on any atom is -0.497 e. The van der Waals surface area contributed by atoms with Gasteiger partial charge < -0.3 is 15.0 Å². The molecule has 0 unspecified atom stereocenters. The monoisotopic (exact) mass is 369 g/mol. The van der Waals surface area contributed by atoms with Crippen molar-refractivity contribution in [2.45, 2.75) is 19.9 Å². The van der Waals surface area contributed by atoms with Gasteiger partial charge in [-0.15, -0.1) is 0 Å². The molecular weight excluding hydrogens is 342 g/mol. The van der Waals surface area contributed by atoms with Crippen molar-refractivity contribution in [2.24, 2.45) is 0 Å². The van der Waals surface area contributed by atoms with Gasteiger partial charge in [0.15, 0.2) is 0 Å². The molecule has 0 atom stereocenters. The summed E-state index contributed by atoms with van der Waals surface area (Å²) in [6.45, 7) is 6.98. The van der Waals surface area contributed by atoms with Gasteiger partial charge in [0.05, 0.1) is 13.7 Å². The van der Waals surface area contributed by atoms with Crippen LogP contribution in [0, 0.1) is 0 Å². The Balaban J connectivity index is 1.60. The summed E-state index contributed by atoms with van der Waals surface area (Å²) in [6.07, 6.45) is 0. The number of ether oxygens (including phenoxy) is 1. The molecule has 0 radical (unpaired) electrons. The first kappa shape index (κ1) is 19.2. The average Bonchev–Trinajstić information content (AvgIpc) is 2.66. The van der Waals surface area contributed by atoms with Gasteiger partial charge in [-0.2, -0.15) is 0 Å². The molecule has 27 heavy (non-hydrogen) atoms. The normalized spacial score (nSPS) is 15.2. The van der Waals surface area contributed by atoms with Crippen molar-refractivity contribution in [3.63, 3.8) is 0 Å². The van der Waals surface area contributed by atoms with Gasteiger partial charge in [-0.1, -0.05) is 12.1 Å². The Kier molecular flexibility index (Phi) is 5.96. The molecule has 1 fully saturated rings. The summed E-state index contributed by atoms with van der Waals surface area (Å²) in [5, 5.41) is 4.97. The summed E-state index contributed by atoms with van der Waals surface area (Å²) in [5.74, 6) is 0.882. The molecule has 3 rings (SSSR count). The molecule has 0 spiro atoms. The van der Waals surface area contributed by atoms with E-state index in [-0.39, 0.29) is 17.9 Å². The predicted octanol–water partition coefficient (Wildman–Crippen LogP) is 2.13. The second kappa shape index (κ2) is 8.39. The molecule has 0 saturated carbocycles. The van der Waals surface area contributed by atoms with Crippen molar-refractivity contribution in [3.05, 3.63) is 42.0 Å². The summed E-state index contributed by atoms with van der Waals surface area (Å²) in [6, 6.07) is 11.7. The molecule has 2 aromatic carbocycles. The van der Waals surface area contributed by atoms with E-state index in [1.165, 1.54) is 0 Å². The molecule has 0 aliphatic carbocycles. The fraction of sp³-hybridized carbons (Fsp3) is 0.429. The molecule has 1 heterocycles. The van der Waals surface area contributed by atoms with Gasteiger partial charge in [0, 0.05) is 37.8 Å². The smallest absolute Gasteiger partial charge is 0.253 e. The lowest BCUT2D eigenvalue weighted by Gasteiger charge is -2.34. The molecule has 0 bridgehead atoms. The number of nitrogens with zero attached hydrogens (tertiary/aromatic N) is 2. The highest BCUT2D eigenvalue weighted by Crippen LogP contribution is 2.22. The Morgan fingerprint density at radius 2 is 1.70 bits per heavy atom. The topological polar surface area (TPSA) is 61.9 Å². The van der Waals surface area contributed by atoms with E-state index in [0.29, 0.717) is 38.3 Å². The number of nitrogens with one attached hydrogen (secondary N) is 1. The van der Waals surface area contributed by atoms with Gasteiger partial charge in [0.25, 0.3) is 5.91 Å². The molecule has 6 nitrogen and oxygen atoms in total. The van der Waals surface area contributed by atoms with Crippen LogP contribution in [0.3, 0.4) is 0 Å². The minimum atomic E-state index is 0.0368. The summed E-state index contributed by atoms with van der Waals surface area (Å²) in [4.78, 5) is 28.7. The quantitative estimate of drug-likeness (QED) is 0.877. The first-order chi connectivity index (χ1) is 13.0. The fourth-order valence-corrected chi connectivity index (χ4v) is 3.35. The van der Waals surface area contributed by atoms with E-state index < -0.39 is 0 Å². The number of benzene rings is 2. The summed E-state index contributed by atoms with van der Waals surface area (Å²) in [5.41, 5.74) is 0.693. The van der Waals surface area contributed by atoms with Crippen LogP contribution in [0.5, 0.6) is 5.75 Å². The van der Waals surface area contributed by atoms with E-state index in [1.54, 1.807) is 7.11 Å². The molecule has 2 aromatic rings. The van der Waals surface area contributed by atoms with E-state index >= 15 is 0 Å². The van der Waals surface area contributed by atoms with Crippen LogP contribution in [0.2, 0.25) is 0 Å². The van der Waals surface area contributed by atoms with Gasteiger partial charge in [-0.05, 0) is 48.9 Å². The van der Waals surface area contributed by atoms with Crippen LogP contribution in [-0.4, -0.2) is 67.5 Å². The third-order valence-corrected chi connectivity index (χ3v) is 4.77. The standard InChI is InChI=1S/C21H27N3O3/c1-15(2)22-20(25)14-23-8-10-24(11-9-23)21(26)18-5-4-17-13-19(27-3)7-6-16(17)12-18/h4-7,12-13,15H,8-11,14H2,1-3H3,(H,22,25). The van der Waals surface area contributed by atoms with E-state index in [2.05, 4.69) is 10.2 Å². The Labute approximate surface area is 160 Å². The van der Waals surface area contributed by atoms with Crippen molar-refractivity contribution >= 4 is 22.6 Å². The number of methoxy groups -OCH3 is 1. The van der Waals surface area contributed by atoms with E-state index in [0.717, 1.165) is 16.5 Å². The zero-order valence-corrected chi connectivity index (χ0v) is 16.2. The highest BCUT2D eigenvalue weighted by Gasteiger charge is 2.23. The molecule has 1 saturated heterocycles. The minimum absolute atomic E-state index is 0.0368. The molecule has 2 amide bonds. The third kappa shape index (κ3) is 4.77. The van der Waals surface area contributed by atoms with Crippen molar-refractivity contribution < 1.29 is 14.3 Å². The Morgan fingerprint density at radius 1 is 1.04 bits per heavy atom. The number of amides is 2. The van der Waals surface area contributed by atoms with Crippen LogP contribution in [-0.2, 0) is 4.79 Å². The summed E-state index contributed by atoms with van der Waals surface area (Å²) < 4.78 is 5.25. The first-order valence-corrected chi connectivity index (χ1v) is 9.35. The second-order valence-corrected chi connectivity index (χ2v) is 7.22. The van der Waals surface area contributed by atoms with Crippen LogP contribution in [0.25, 0.3) is 10.8 Å². The predicted molar refractivity (Wildman–Crippen MR) is 106 cm³/mol. The number of hydrogen-bond donors (Lipinski definition) is 1. The van der Waals surface area contributed by atoms with Crippen LogP contribution in [0.4, 0.5) is 0 Å². The van der Waals surface area contributed by atoms with E-state index in [4.69, 9.17) is 4.74 Å². The van der Waals surface area contributed by atoms with E-state index in [9.17, 15) is 9.59 Å². The van der Waals surface area contributed by atoms with Crippen LogP contribution >= 0.6 is 0 Å². The Bertz CT molecular complexity index is 827. The molecular formula is C21H27N3O3. The Hall–Kier alpha value is -2.60. The number of piperazine rings is 1. The van der Waals surface area contributed by atoms with Gasteiger partial charge in [0.1, 0.15) is 5.75 Å². The lowest BCUT2D eigenvalue weighted by atomic mass is 10.1. The van der Waals surface area contributed by atoms with Crippen LogP contribution < -0.4 is 10.1 Å². The van der Waals surface area contributed by atoms with Crippen molar-refractivity contribution in [1.82, 2.24) is 15.1 Å². The number of rotatable bonds is 5. The number of fused-ring (bicyclic) bond motifs is 1. The van der Waals surface area contributed by atoms with Gasteiger partial charge in [-0.25, -0.2) is 0 Å². The zero-order valence-electron chi connectivity index (χ0n) is 16.2. The Morgan fingerprint density at radius 3 is 2.37 bits per heavy atom. The van der Waals surface area contributed by atoms with Gasteiger partial charge in [0.2, 0.25) is 5.91 Å². The third-order valence-electron chi connectivity index (χ3n) is 4.77. The molecule has 6 heteroatoms. The fourth-order valence-electron chi connectivity index (χ4n) is 3.35. The summed E-state index contributed by atoms with van der Waals surface area (Å²) in [7, 11) is 1.64. The highest BCUT2D eigenvalue weighted by atomic mass is 16.5. The van der Waals surface area contributed by atoms with Crippen LogP contribution in [0.15, 0.2) is 36.4 Å². The molecule has 0 aromatic heterocycles. The molecule has 1 N–H and O–H groups in total. The molecule has 1 aliphatic heterocycles. The lowest BCUT2D eigenvalue weighted by molar-refractivity contribution is -0.123. The largest absolute Gasteiger partial charge is 0.497 e. The van der Waals surface area contributed by atoms with Crippen molar-refractivity contribution in [1.29, 1.82) is 0 Å². The maximum absolute atomic E-state index is 12.8. The zero-order chi connectivity index (χ0) is 19.4. The van der Waals surface area contributed by atoms with Crippen molar-refractivity contribution in [2.75, 3.05) is 39.8 Å². The van der Waals surface area contributed by atoms with Gasteiger partial charge >= 0.3 is 0 Å². The lowest BCUT2D eigenvalue weighted by Crippen LogP contribution is -2.51. The number of carbonyl (C=O) groups excluding carboxylic acids is 2. The van der Waals surface area contributed by atoms with Crippen molar-refractivity contribution in [3.8, 4) is 5.75 Å².